The highest BCUT2D eigenvalue weighted by Crippen LogP contribution is 2.40. The summed E-state index contributed by atoms with van der Waals surface area (Å²) in [5.41, 5.74) is 10.3. The van der Waals surface area contributed by atoms with Gasteiger partial charge in [0.15, 0.2) is 11.0 Å². The second-order valence-corrected chi connectivity index (χ2v) is 8.44. The fourth-order valence-corrected chi connectivity index (χ4v) is 5.52. The first-order chi connectivity index (χ1) is 12.6. The first kappa shape index (κ1) is 16.1. The van der Waals surface area contributed by atoms with Crippen molar-refractivity contribution < 1.29 is 4.57 Å². The molecule has 2 heteroatoms. The van der Waals surface area contributed by atoms with Crippen LogP contribution in [0.4, 0.5) is 0 Å². The average molecular weight is 346 g/mol. The molecule has 2 heterocycles. The van der Waals surface area contributed by atoms with Gasteiger partial charge in [-0.1, -0.05) is 36.6 Å². The second kappa shape index (κ2) is 5.97. The van der Waals surface area contributed by atoms with Gasteiger partial charge in [-0.3, -0.25) is 0 Å². The van der Waals surface area contributed by atoms with Gasteiger partial charge in [-0.2, -0.15) is 0 Å². The van der Waals surface area contributed by atoms with Crippen LogP contribution in [0.15, 0.2) is 30.3 Å². The van der Waals surface area contributed by atoms with Crippen LogP contribution in [-0.4, -0.2) is 4.57 Å². The highest BCUT2D eigenvalue weighted by Gasteiger charge is 2.32. The van der Waals surface area contributed by atoms with Crippen LogP contribution in [0.2, 0.25) is 0 Å². The third-order valence-corrected chi connectivity index (χ3v) is 6.73. The molecule has 1 saturated carbocycles. The van der Waals surface area contributed by atoms with Gasteiger partial charge < -0.3 is 0 Å². The normalized spacial score (nSPS) is 17.3. The molecular weight excluding hydrogens is 316 g/mol. The van der Waals surface area contributed by atoms with Crippen molar-refractivity contribution in [1.82, 2.24) is 4.57 Å². The number of aromatic nitrogens is 2. The molecule has 0 saturated heterocycles. The third-order valence-electron chi connectivity index (χ3n) is 6.73. The number of nitrogens with zero attached hydrogens (tertiary/aromatic N) is 2. The Morgan fingerprint density at radius 3 is 2.58 bits per heavy atom. The smallest absolute Gasteiger partial charge is 0.226 e. The van der Waals surface area contributed by atoms with E-state index < -0.39 is 0 Å². The van der Waals surface area contributed by atoms with Gasteiger partial charge in [-0.05, 0) is 68.7 Å². The lowest BCUT2D eigenvalue weighted by Crippen LogP contribution is -2.39. The van der Waals surface area contributed by atoms with Crippen molar-refractivity contribution in [1.29, 1.82) is 0 Å². The molecule has 3 aromatic rings. The van der Waals surface area contributed by atoms with E-state index in [1.165, 1.54) is 72.1 Å². The number of imidazole rings is 1. The van der Waals surface area contributed by atoms with Crippen LogP contribution in [-0.2, 0) is 20.0 Å². The summed E-state index contributed by atoms with van der Waals surface area (Å²) in [6.45, 7) is 5.57. The Kier molecular flexibility index (Phi) is 3.70. The molecule has 0 N–H and O–H groups in total. The van der Waals surface area contributed by atoms with E-state index in [4.69, 9.17) is 0 Å². The lowest BCUT2D eigenvalue weighted by atomic mass is 9.88. The SMILES string of the molecule is Cc1ccc(-c2n(C)c3ccc(C4CCCC4)c4c3[n+]2CCC4)c(C)c1. The molecule has 0 spiro atoms. The second-order valence-electron chi connectivity index (χ2n) is 8.44. The van der Waals surface area contributed by atoms with E-state index in [0.717, 1.165) is 12.5 Å². The molecule has 0 radical (unpaired) electrons. The molecule has 2 nitrogen and oxygen atoms in total. The van der Waals surface area contributed by atoms with Crippen LogP contribution in [0, 0.1) is 13.8 Å². The molecule has 26 heavy (non-hydrogen) atoms. The number of rotatable bonds is 2. The predicted molar refractivity (Wildman–Crippen MR) is 108 cm³/mol. The van der Waals surface area contributed by atoms with Gasteiger partial charge in [0, 0.05) is 5.56 Å². The lowest BCUT2D eigenvalue weighted by Gasteiger charge is -2.18. The topological polar surface area (TPSA) is 8.81 Å². The van der Waals surface area contributed by atoms with Crippen molar-refractivity contribution in [2.45, 2.75) is 64.8 Å². The highest BCUT2D eigenvalue weighted by molar-refractivity contribution is 5.81. The molecule has 0 atom stereocenters. The van der Waals surface area contributed by atoms with Crippen LogP contribution in [0.3, 0.4) is 0 Å². The van der Waals surface area contributed by atoms with E-state index in [0.29, 0.717) is 0 Å². The van der Waals surface area contributed by atoms with E-state index in [-0.39, 0.29) is 0 Å². The van der Waals surface area contributed by atoms with E-state index in [9.17, 15) is 0 Å². The fourth-order valence-electron chi connectivity index (χ4n) is 5.52. The van der Waals surface area contributed by atoms with E-state index in [2.05, 4.69) is 60.4 Å². The number of hydrogen-bond acceptors (Lipinski definition) is 0. The van der Waals surface area contributed by atoms with E-state index in [1.807, 2.05) is 0 Å². The van der Waals surface area contributed by atoms with Crippen LogP contribution in [0.25, 0.3) is 22.4 Å². The standard InChI is InChI=1S/C24H29N2/c1-16-10-11-19(17(2)15-16)24-25(3)22-13-12-20(18-7-4-5-8-18)21-9-6-14-26(24)23(21)22/h10-13,15,18H,4-9,14H2,1-3H3/q+1. The molecule has 0 unspecified atom stereocenters. The van der Waals surface area contributed by atoms with Gasteiger partial charge in [0.2, 0.25) is 0 Å². The maximum Gasteiger partial charge on any atom is 0.289 e. The Labute approximate surface area is 156 Å². The molecule has 1 aliphatic carbocycles. The van der Waals surface area contributed by atoms with Gasteiger partial charge in [-0.15, -0.1) is 0 Å². The van der Waals surface area contributed by atoms with Gasteiger partial charge in [0.05, 0.1) is 19.2 Å². The molecule has 134 valence electrons. The van der Waals surface area contributed by atoms with Gasteiger partial charge in [0.1, 0.15) is 0 Å². The Hall–Kier alpha value is -2.09. The zero-order chi connectivity index (χ0) is 17.8. The highest BCUT2D eigenvalue weighted by atomic mass is 15.2. The third kappa shape index (κ3) is 2.27. The minimum Gasteiger partial charge on any atom is -0.226 e. The lowest BCUT2D eigenvalue weighted by molar-refractivity contribution is -0.664. The summed E-state index contributed by atoms with van der Waals surface area (Å²) in [6.07, 6.45) is 8.10. The van der Waals surface area contributed by atoms with Gasteiger partial charge >= 0.3 is 0 Å². The minimum absolute atomic E-state index is 0.797. The van der Waals surface area contributed by atoms with Crippen molar-refractivity contribution in [3.05, 3.63) is 52.6 Å². The maximum absolute atomic E-state index is 2.62. The minimum atomic E-state index is 0.797. The number of aryl methyl sites for hydroxylation is 5. The summed E-state index contributed by atoms with van der Waals surface area (Å²) >= 11 is 0. The van der Waals surface area contributed by atoms with Crippen LogP contribution >= 0.6 is 0 Å². The summed E-state index contributed by atoms with van der Waals surface area (Å²) in [6, 6.07) is 11.7. The van der Waals surface area contributed by atoms with Crippen molar-refractivity contribution in [3.63, 3.8) is 0 Å². The number of hydrogen-bond donors (Lipinski definition) is 0. The molecule has 1 aliphatic heterocycles. The zero-order valence-electron chi connectivity index (χ0n) is 16.3. The molecule has 1 aromatic heterocycles. The summed E-state index contributed by atoms with van der Waals surface area (Å²) in [5.74, 6) is 2.17. The van der Waals surface area contributed by atoms with Crippen molar-refractivity contribution in [2.24, 2.45) is 7.05 Å². The molecule has 5 rings (SSSR count). The molecule has 2 aliphatic rings. The first-order valence-corrected chi connectivity index (χ1v) is 10.3. The molecular formula is C24H29N2+. The largest absolute Gasteiger partial charge is 0.289 e. The zero-order valence-corrected chi connectivity index (χ0v) is 16.3. The van der Waals surface area contributed by atoms with Crippen LogP contribution in [0.1, 0.15) is 60.3 Å². The molecule has 0 amide bonds. The fraction of sp³-hybridized carbons (Fsp3) is 0.458. The molecule has 2 aromatic carbocycles. The average Bonchev–Trinajstić information content (AvgIpc) is 3.25. The van der Waals surface area contributed by atoms with Gasteiger partial charge in [0.25, 0.3) is 5.82 Å². The Bertz CT molecular complexity index is 1000. The summed E-state index contributed by atoms with van der Waals surface area (Å²) in [4.78, 5) is 0. The Balaban J connectivity index is 1.79. The monoisotopic (exact) mass is 345 g/mol. The van der Waals surface area contributed by atoms with Gasteiger partial charge in [-0.25, -0.2) is 9.13 Å². The summed E-state index contributed by atoms with van der Waals surface area (Å²) in [5, 5.41) is 0. The van der Waals surface area contributed by atoms with Crippen LogP contribution in [0.5, 0.6) is 0 Å². The molecule has 0 bridgehead atoms. The predicted octanol–water partition coefficient (Wildman–Crippen LogP) is 5.35. The van der Waals surface area contributed by atoms with Crippen LogP contribution < -0.4 is 4.57 Å². The van der Waals surface area contributed by atoms with Crippen molar-refractivity contribution in [2.75, 3.05) is 0 Å². The van der Waals surface area contributed by atoms with E-state index >= 15 is 0 Å². The van der Waals surface area contributed by atoms with Crippen molar-refractivity contribution >= 4 is 11.0 Å². The first-order valence-electron chi connectivity index (χ1n) is 10.3. The summed E-state index contributed by atoms with van der Waals surface area (Å²) in [7, 11) is 2.25. The quantitative estimate of drug-likeness (QED) is 0.553. The summed E-state index contributed by atoms with van der Waals surface area (Å²) < 4.78 is 5.05. The number of benzene rings is 2. The maximum atomic E-state index is 2.62. The Morgan fingerprint density at radius 1 is 1.00 bits per heavy atom. The Morgan fingerprint density at radius 2 is 1.81 bits per heavy atom. The molecule has 1 fully saturated rings. The van der Waals surface area contributed by atoms with Crippen molar-refractivity contribution in [3.8, 4) is 11.4 Å². The van der Waals surface area contributed by atoms with E-state index in [1.54, 1.807) is 11.1 Å².